The predicted octanol–water partition coefficient (Wildman–Crippen LogP) is 4.05. The van der Waals surface area contributed by atoms with E-state index < -0.39 is 29.1 Å². The lowest BCUT2D eigenvalue weighted by atomic mass is 10.1. The monoisotopic (exact) mass is 363 g/mol. The van der Waals surface area contributed by atoms with Crippen LogP contribution in [0, 0.1) is 0 Å². The van der Waals surface area contributed by atoms with Crippen molar-refractivity contribution < 1.29 is 26.3 Å². The van der Waals surface area contributed by atoms with Gasteiger partial charge in [0, 0.05) is 11.6 Å². The van der Waals surface area contributed by atoms with Crippen molar-refractivity contribution in [2.24, 2.45) is 5.73 Å². The molecule has 0 spiro atoms. The highest BCUT2D eigenvalue weighted by molar-refractivity contribution is 7.09. The van der Waals surface area contributed by atoms with E-state index in [0.717, 1.165) is 17.6 Å². The molecule has 2 aromatic heterocycles. The van der Waals surface area contributed by atoms with E-state index in [1.54, 1.807) is 0 Å². The van der Waals surface area contributed by atoms with Gasteiger partial charge in [0.25, 0.3) is 0 Å². The Morgan fingerprint density at radius 3 is 2.09 bits per heavy atom. The number of rotatable bonds is 2. The van der Waals surface area contributed by atoms with Gasteiger partial charge in [0.05, 0.1) is 11.7 Å². The zero-order valence-corrected chi connectivity index (χ0v) is 12.1. The molecule has 0 saturated carbocycles. The molecule has 3 nitrogen and oxygen atoms in total. The highest BCUT2D eigenvalue weighted by Gasteiger charge is 2.35. The van der Waals surface area contributed by atoms with Crippen molar-refractivity contribution in [3.05, 3.63) is 45.7 Å². The zero-order valence-electron chi connectivity index (χ0n) is 10.4. The summed E-state index contributed by atoms with van der Waals surface area (Å²) in [5.41, 5.74) is 4.65. The number of aromatic nitrogens is 2. The lowest BCUT2D eigenvalue weighted by Gasteiger charge is -2.11. The summed E-state index contributed by atoms with van der Waals surface area (Å²) >= 11 is 0.370. The van der Waals surface area contributed by atoms with Crippen molar-refractivity contribution in [2.75, 3.05) is 0 Å². The van der Waals surface area contributed by atoms with E-state index in [1.807, 2.05) is 0 Å². The van der Waals surface area contributed by atoms with E-state index in [-0.39, 0.29) is 23.7 Å². The van der Waals surface area contributed by atoms with Gasteiger partial charge in [-0.05, 0) is 11.6 Å². The Hall–Kier alpha value is -1.39. The molecule has 2 heterocycles. The van der Waals surface area contributed by atoms with E-state index in [9.17, 15) is 26.3 Å². The predicted molar refractivity (Wildman–Crippen MR) is 69.6 cm³/mol. The van der Waals surface area contributed by atoms with Gasteiger partial charge in [-0.15, -0.1) is 23.7 Å². The summed E-state index contributed by atoms with van der Waals surface area (Å²) in [6.45, 7) is 0. The van der Waals surface area contributed by atoms with Gasteiger partial charge in [-0.25, -0.2) is 4.98 Å². The summed E-state index contributed by atoms with van der Waals surface area (Å²) in [5.74, 6) is 0. The number of hydrogen-bond acceptors (Lipinski definition) is 4. The standard InChI is InChI=1S/C11H7F6N3S.ClH/c12-10(13,14)7-2-1-5(3-19-7)8(18)6-4-21-9(20-6)11(15,16)17;/h1-4,8H,18H2;1H. The third-order valence-corrected chi connectivity index (χ3v) is 3.42. The van der Waals surface area contributed by atoms with Gasteiger partial charge >= 0.3 is 12.4 Å². The second-order valence-electron chi connectivity index (χ2n) is 4.03. The number of nitrogens with zero attached hydrogens (tertiary/aromatic N) is 2. The molecular weight excluding hydrogens is 356 g/mol. The molecule has 0 aliphatic carbocycles. The van der Waals surface area contributed by atoms with Crippen molar-refractivity contribution in [1.29, 1.82) is 0 Å². The molecule has 0 aliphatic rings. The quantitative estimate of drug-likeness (QED) is 0.819. The average Bonchev–Trinajstić information content (AvgIpc) is 2.86. The van der Waals surface area contributed by atoms with Gasteiger partial charge in [-0.2, -0.15) is 26.3 Å². The summed E-state index contributed by atoms with van der Waals surface area (Å²) in [5, 5.41) is 0.0540. The molecule has 0 saturated heterocycles. The van der Waals surface area contributed by atoms with Crippen molar-refractivity contribution in [2.45, 2.75) is 18.4 Å². The van der Waals surface area contributed by atoms with Gasteiger partial charge in [0.1, 0.15) is 5.69 Å². The largest absolute Gasteiger partial charge is 0.443 e. The fraction of sp³-hybridized carbons (Fsp3) is 0.273. The molecule has 0 amide bonds. The first-order chi connectivity index (χ1) is 9.59. The minimum atomic E-state index is -4.59. The van der Waals surface area contributed by atoms with Crippen LogP contribution in [0.4, 0.5) is 26.3 Å². The summed E-state index contributed by atoms with van der Waals surface area (Å²) in [6.07, 6.45) is -8.30. The fourth-order valence-electron chi connectivity index (χ4n) is 1.49. The van der Waals surface area contributed by atoms with Gasteiger partial charge in [0.2, 0.25) is 0 Å². The van der Waals surface area contributed by atoms with Crippen LogP contribution in [0.25, 0.3) is 0 Å². The first-order valence-corrected chi connectivity index (χ1v) is 6.28. The molecule has 2 N–H and O–H groups in total. The highest BCUT2D eigenvalue weighted by atomic mass is 35.5. The number of alkyl halides is 6. The molecule has 1 atom stereocenters. The summed E-state index contributed by atoms with van der Waals surface area (Å²) < 4.78 is 74.3. The maximum atomic E-state index is 12.4. The van der Waals surface area contributed by atoms with Crippen molar-refractivity contribution in [3.63, 3.8) is 0 Å². The second kappa shape index (κ2) is 6.39. The molecule has 1 unspecified atom stereocenters. The smallest absolute Gasteiger partial charge is 0.319 e. The van der Waals surface area contributed by atoms with Crippen LogP contribution in [0.5, 0.6) is 0 Å². The van der Waals surface area contributed by atoms with Crippen LogP contribution in [0.15, 0.2) is 23.7 Å². The van der Waals surface area contributed by atoms with Crippen molar-refractivity contribution >= 4 is 23.7 Å². The molecule has 122 valence electrons. The highest BCUT2D eigenvalue weighted by Crippen LogP contribution is 2.34. The lowest BCUT2D eigenvalue weighted by Crippen LogP contribution is -2.15. The molecular formula is C11H8ClF6N3S. The third-order valence-electron chi connectivity index (χ3n) is 2.52. The Kier molecular flexibility index (Phi) is 5.42. The molecule has 0 aromatic carbocycles. The van der Waals surface area contributed by atoms with Crippen LogP contribution in [0.3, 0.4) is 0 Å². The van der Waals surface area contributed by atoms with Crippen LogP contribution in [0.1, 0.15) is 28.0 Å². The van der Waals surface area contributed by atoms with Crippen molar-refractivity contribution in [1.82, 2.24) is 9.97 Å². The summed E-state index contributed by atoms with van der Waals surface area (Å²) in [4.78, 5) is 6.55. The van der Waals surface area contributed by atoms with Gasteiger partial charge in [0.15, 0.2) is 5.01 Å². The summed E-state index contributed by atoms with van der Waals surface area (Å²) in [7, 11) is 0. The topological polar surface area (TPSA) is 51.8 Å². The Labute approximate surface area is 130 Å². The van der Waals surface area contributed by atoms with Gasteiger partial charge < -0.3 is 5.73 Å². The van der Waals surface area contributed by atoms with E-state index in [2.05, 4.69) is 9.97 Å². The van der Waals surface area contributed by atoms with Crippen molar-refractivity contribution in [3.8, 4) is 0 Å². The number of halogens is 7. The van der Waals surface area contributed by atoms with Crippen LogP contribution >= 0.6 is 23.7 Å². The number of hydrogen-bond donors (Lipinski definition) is 1. The fourth-order valence-corrected chi connectivity index (χ4v) is 2.21. The van der Waals surface area contributed by atoms with E-state index >= 15 is 0 Å². The van der Waals surface area contributed by atoms with Crippen LogP contribution in [0.2, 0.25) is 0 Å². The Bertz CT molecular complexity index is 622. The van der Waals surface area contributed by atoms with Crippen LogP contribution in [-0.4, -0.2) is 9.97 Å². The lowest BCUT2D eigenvalue weighted by molar-refractivity contribution is -0.141. The second-order valence-corrected chi connectivity index (χ2v) is 4.89. The van der Waals surface area contributed by atoms with Crippen LogP contribution in [-0.2, 0) is 12.4 Å². The zero-order chi connectivity index (χ0) is 15.8. The number of thiazole rings is 1. The molecule has 11 heteroatoms. The van der Waals surface area contributed by atoms with E-state index in [0.29, 0.717) is 17.4 Å². The molecule has 0 fully saturated rings. The van der Waals surface area contributed by atoms with Gasteiger partial charge in [-0.3, -0.25) is 4.98 Å². The molecule has 0 radical (unpaired) electrons. The molecule has 22 heavy (non-hydrogen) atoms. The third kappa shape index (κ3) is 4.08. The van der Waals surface area contributed by atoms with Gasteiger partial charge in [-0.1, -0.05) is 6.07 Å². The average molecular weight is 364 g/mol. The molecule has 2 rings (SSSR count). The Morgan fingerprint density at radius 1 is 1.05 bits per heavy atom. The minimum absolute atomic E-state index is 0. The number of nitrogens with two attached hydrogens (primary N) is 1. The summed E-state index contributed by atoms with van der Waals surface area (Å²) in [6, 6.07) is 0.700. The number of pyridine rings is 1. The molecule has 0 bridgehead atoms. The SMILES string of the molecule is Cl.NC(c1ccc(C(F)(F)F)nc1)c1csc(C(F)(F)F)n1. The maximum absolute atomic E-state index is 12.4. The normalized spacial score (nSPS) is 13.6. The first kappa shape index (κ1) is 18.7. The maximum Gasteiger partial charge on any atom is 0.443 e. The molecule has 2 aromatic rings. The minimum Gasteiger partial charge on any atom is -0.319 e. The van der Waals surface area contributed by atoms with E-state index in [1.165, 1.54) is 0 Å². The Morgan fingerprint density at radius 2 is 1.68 bits per heavy atom. The Balaban J connectivity index is 0.00000242. The van der Waals surface area contributed by atoms with Crippen LogP contribution < -0.4 is 5.73 Å². The first-order valence-electron chi connectivity index (χ1n) is 5.40. The molecule has 0 aliphatic heterocycles. The van der Waals surface area contributed by atoms with E-state index in [4.69, 9.17) is 5.73 Å².